The lowest BCUT2D eigenvalue weighted by molar-refractivity contribution is 0.0927. The SMILES string of the molecule is C(=C(c1ccccc1)c1ccccc1)c1ccc(C2COc3cscc3O2)cc1. The van der Waals surface area contributed by atoms with Crippen molar-refractivity contribution in [1.82, 2.24) is 0 Å². The van der Waals surface area contributed by atoms with Gasteiger partial charge in [-0.15, -0.1) is 11.3 Å². The van der Waals surface area contributed by atoms with Crippen LogP contribution in [0, 0.1) is 0 Å². The molecule has 0 bridgehead atoms. The van der Waals surface area contributed by atoms with Crippen molar-refractivity contribution in [3.05, 3.63) is 118 Å². The summed E-state index contributed by atoms with van der Waals surface area (Å²) in [5, 5.41) is 3.97. The van der Waals surface area contributed by atoms with Gasteiger partial charge in [0.2, 0.25) is 0 Å². The van der Waals surface area contributed by atoms with Gasteiger partial charge in [0.05, 0.1) is 0 Å². The second-order valence-electron chi connectivity index (χ2n) is 6.97. The summed E-state index contributed by atoms with van der Waals surface area (Å²) in [6.45, 7) is 0.540. The molecule has 3 heteroatoms. The van der Waals surface area contributed by atoms with Crippen molar-refractivity contribution in [3.8, 4) is 11.5 Å². The maximum absolute atomic E-state index is 6.09. The first-order valence-electron chi connectivity index (χ1n) is 9.65. The first-order chi connectivity index (χ1) is 14.4. The Bertz CT molecular complexity index is 1070. The van der Waals surface area contributed by atoms with Gasteiger partial charge in [-0.1, -0.05) is 84.9 Å². The number of hydrogen-bond acceptors (Lipinski definition) is 3. The van der Waals surface area contributed by atoms with Crippen LogP contribution in [0.5, 0.6) is 11.5 Å². The molecule has 5 rings (SSSR count). The van der Waals surface area contributed by atoms with E-state index in [1.165, 1.54) is 16.7 Å². The van der Waals surface area contributed by atoms with Gasteiger partial charge >= 0.3 is 0 Å². The zero-order valence-corrected chi connectivity index (χ0v) is 16.6. The van der Waals surface area contributed by atoms with Crippen LogP contribution in [0.3, 0.4) is 0 Å². The minimum atomic E-state index is -0.0714. The molecular weight excluding hydrogens is 376 g/mol. The first-order valence-corrected chi connectivity index (χ1v) is 10.6. The summed E-state index contributed by atoms with van der Waals surface area (Å²) < 4.78 is 11.9. The Morgan fingerprint density at radius 1 is 0.759 bits per heavy atom. The molecule has 2 nitrogen and oxygen atoms in total. The fourth-order valence-electron chi connectivity index (χ4n) is 3.52. The lowest BCUT2D eigenvalue weighted by atomic mass is 9.95. The van der Waals surface area contributed by atoms with Crippen LogP contribution in [0.1, 0.15) is 28.4 Å². The summed E-state index contributed by atoms with van der Waals surface area (Å²) in [4.78, 5) is 0. The van der Waals surface area contributed by atoms with Gasteiger partial charge in [0.25, 0.3) is 0 Å². The Kier molecular flexibility index (Phi) is 4.89. The average molecular weight is 397 g/mol. The minimum absolute atomic E-state index is 0.0714. The van der Waals surface area contributed by atoms with Gasteiger partial charge in [-0.3, -0.25) is 0 Å². The maximum Gasteiger partial charge on any atom is 0.173 e. The summed E-state index contributed by atoms with van der Waals surface area (Å²) in [5.41, 5.74) is 5.90. The highest BCUT2D eigenvalue weighted by molar-refractivity contribution is 7.08. The highest BCUT2D eigenvalue weighted by Crippen LogP contribution is 2.39. The second-order valence-corrected chi connectivity index (χ2v) is 7.72. The van der Waals surface area contributed by atoms with E-state index in [2.05, 4.69) is 78.9 Å². The maximum atomic E-state index is 6.09. The molecule has 0 fully saturated rings. The van der Waals surface area contributed by atoms with Crippen molar-refractivity contribution >= 4 is 23.0 Å². The molecule has 0 saturated heterocycles. The largest absolute Gasteiger partial charge is 0.485 e. The Balaban J connectivity index is 1.44. The summed E-state index contributed by atoms with van der Waals surface area (Å²) in [7, 11) is 0. The van der Waals surface area contributed by atoms with Crippen molar-refractivity contribution < 1.29 is 9.47 Å². The molecule has 4 aromatic rings. The van der Waals surface area contributed by atoms with Crippen LogP contribution in [-0.4, -0.2) is 6.61 Å². The average Bonchev–Trinajstić information content (AvgIpc) is 3.27. The molecule has 1 aromatic heterocycles. The standard InChI is InChI=1S/C26H20O2S/c1-3-7-20(8-4-1)23(21-9-5-2-6-10-21)15-19-11-13-22(14-12-19)24-16-27-25-17-29-18-26(25)28-24/h1-15,17-18,24H,16H2. The molecule has 142 valence electrons. The van der Waals surface area contributed by atoms with E-state index >= 15 is 0 Å². The molecule has 3 aromatic carbocycles. The van der Waals surface area contributed by atoms with Gasteiger partial charge in [-0.2, -0.15) is 0 Å². The molecule has 0 radical (unpaired) electrons. The van der Waals surface area contributed by atoms with Gasteiger partial charge in [0, 0.05) is 10.8 Å². The molecule has 2 heterocycles. The number of benzene rings is 3. The van der Waals surface area contributed by atoms with E-state index in [0.717, 1.165) is 22.6 Å². The quantitative estimate of drug-likeness (QED) is 0.351. The molecule has 1 aliphatic rings. The van der Waals surface area contributed by atoms with Crippen LogP contribution in [0.25, 0.3) is 11.6 Å². The third-order valence-corrected chi connectivity index (χ3v) is 5.74. The van der Waals surface area contributed by atoms with Gasteiger partial charge in [-0.25, -0.2) is 0 Å². The van der Waals surface area contributed by atoms with Crippen molar-refractivity contribution in [1.29, 1.82) is 0 Å². The van der Waals surface area contributed by atoms with E-state index < -0.39 is 0 Å². The van der Waals surface area contributed by atoms with Crippen LogP contribution in [0.15, 0.2) is 95.7 Å². The normalized spacial score (nSPS) is 15.0. The van der Waals surface area contributed by atoms with E-state index in [1.807, 2.05) is 22.9 Å². The molecule has 0 aliphatic carbocycles. The van der Waals surface area contributed by atoms with Crippen LogP contribution in [0.4, 0.5) is 0 Å². The van der Waals surface area contributed by atoms with E-state index in [4.69, 9.17) is 9.47 Å². The Hall–Kier alpha value is -3.30. The Labute approximate surface area is 174 Å². The Morgan fingerprint density at radius 2 is 1.38 bits per heavy atom. The van der Waals surface area contributed by atoms with E-state index in [-0.39, 0.29) is 6.10 Å². The molecule has 0 spiro atoms. The first kappa shape index (κ1) is 17.8. The molecule has 1 unspecified atom stereocenters. The predicted molar refractivity (Wildman–Crippen MR) is 119 cm³/mol. The van der Waals surface area contributed by atoms with Gasteiger partial charge in [0.1, 0.15) is 6.61 Å². The molecule has 0 saturated carbocycles. The lowest BCUT2D eigenvalue weighted by Crippen LogP contribution is -2.20. The summed E-state index contributed by atoms with van der Waals surface area (Å²) in [5.74, 6) is 1.69. The number of ether oxygens (including phenoxy) is 2. The molecule has 29 heavy (non-hydrogen) atoms. The fraction of sp³-hybridized carbons (Fsp3) is 0.0769. The van der Waals surface area contributed by atoms with Crippen molar-refractivity contribution in [2.75, 3.05) is 6.61 Å². The second kappa shape index (κ2) is 7.98. The highest BCUT2D eigenvalue weighted by Gasteiger charge is 2.23. The monoisotopic (exact) mass is 396 g/mol. The van der Waals surface area contributed by atoms with Crippen LogP contribution < -0.4 is 9.47 Å². The van der Waals surface area contributed by atoms with E-state index in [9.17, 15) is 0 Å². The third-order valence-electron chi connectivity index (χ3n) is 5.04. The fourth-order valence-corrected chi connectivity index (χ4v) is 4.20. The van der Waals surface area contributed by atoms with Crippen LogP contribution in [-0.2, 0) is 0 Å². The molecule has 1 aliphatic heterocycles. The van der Waals surface area contributed by atoms with Crippen LogP contribution >= 0.6 is 11.3 Å². The van der Waals surface area contributed by atoms with Gasteiger partial charge in [-0.05, 0) is 33.9 Å². The molecule has 0 N–H and O–H groups in total. The molecule has 1 atom stereocenters. The minimum Gasteiger partial charge on any atom is -0.485 e. The number of rotatable bonds is 4. The summed E-state index contributed by atoms with van der Waals surface area (Å²) in [6, 6.07) is 29.6. The van der Waals surface area contributed by atoms with Gasteiger partial charge < -0.3 is 9.47 Å². The zero-order valence-electron chi connectivity index (χ0n) is 15.8. The zero-order chi connectivity index (χ0) is 19.5. The molecule has 0 amide bonds. The lowest BCUT2D eigenvalue weighted by Gasteiger charge is -2.24. The van der Waals surface area contributed by atoms with Crippen LogP contribution in [0.2, 0.25) is 0 Å². The van der Waals surface area contributed by atoms with Crippen molar-refractivity contribution in [2.45, 2.75) is 6.10 Å². The van der Waals surface area contributed by atoms with Gasteiger partial charge in [0.15, 0.2) is 17.6 Å². The molecular formula is C26H20O2S. The smallest absolute Gasteiger partial charge is 0.173 e. The third kappa shape index (κ3) is 3.82. The highest BCUT2D eigenvalue weighted by atomic mass is 32.1. The predicted octanol–water partition coefficient (Wildman–Crippen LogP) is 6.85. The van der Waals surface area contributed by atoms with E-state index in [0.29, 0.717) is 6.61 Å². The Morgan fingerprint density at radius 3 is 2.03 bits per heavy atom. The number of fused-ring (bicyclic) bond motifs is 1. The summed E-state index contributed by atoms with van der Waals surface area (Å²) in [6.07, 6.45) is 2.17. The summed E-state index contributed by atoms with van der Waals surface area (Å²) >= 11 is 1.60. The van der Waals surface area contributed by atoms with E-state index in [1.54, 1.807) is 11.3 Å². The van der Waals surface area contributed by atoms with Crippen molar-refractivity contribution in [3.63, 3.8) is 0 Å². The number of thiophene rings is 1. The van der Waals surface area contributed by atoms with Crippen molar-refractivity contribution in [2.24, 2.45) is 0 Å². The topological polar surface area (TPSA) is 18.5 Å². The number of hydrogen-bond donors (Lipinski definition) is 0.